The molecule has 2 aromatic rings. The first-order chi connectivity index (χ1) is 9.13. The molecule has 4 heteroatoms. The molecule has 2 rings (SSSR count). The summed E-state index contributed by atoms with van der Waals surface area (Å²) < 4.78 is 15.3. The van der Waals surface area contributed by atoms with E-state index in [0.717, 1.165) is 11.3 Å². The largest absolute Gasteiger partial charge is 0.340 e. The van der Waals surface area contributed by atoms with E-state index in [1.54, 1.807) is 12.1 Å². The average Bonchev–Trinajstić information content (AvgIpc) is 2.69. The van der Waals surface area contributed by atoms with Crippen LogP contribution in [0.4, 0.5) is 4.39 Å². The van der Waals surface area contributed by atoms with Crippen LogP contribution in [0.2, 0.25) is 0 Å². The number of nitrogens with one attached hydrogen (secondary N) is 1. The first-order valence-corrected chi connectivity index (χ1v) is 6.13. The lowest BCUT2D eigenvalue weighted by molar-refractivity contribution is 0.587. The van der Waals surface area contributed by atoms with Gasteiger partial charge in [0.1, 0.15) is 17.6 Å². The van der Waals surface area contributed by atoms with E-state index < -0.39 is 0 Å². The Bertz CT molecular complexity index is 623. The van der Waals surface area contributed by atoms with Gasteiger partial charge in [-0.3, -0.25) is 0 Å². The standard InChI is InChI=1S/C15H16FN3/c1-11-13(7-14(8-17)19(11)2)10-18-9-12-5-3-4-6-15(12)16/h3-7,18H,9-10H2,1-2H3. The first kappa shape index (κ1) is 13.3. The van der Waals surface area contributed by atoms with Crippen LogP contribution in [-0.2, 0) is 20.1 Å². The number of rotatable bonds is 4. The lowest BCUT2D eigenvalue weighted by Crippen LogP contribution is -2.14. The zero-order valence-electron chi connectivity index (χ0n) is 11.1. The van der Waals surface area contributed by atoms with Gasteiger partial charge in [-0.2, -0.15) is 5.26 Å². The minimum Gasteiger partial charge on any atom is -0.340 e. The zero-order valence-corrected chi connectivity index (χ0v) is 11.1. The molecule has 0 saturated heterocycles. The summed E-state index contributed by atoms with van der Waals surface area (Å²) in [4.78, 5) is 0. The van der Waals surface area contributed by atoms with Gasteiger partial charge in [0.15, 0.2) is 0 Å². The van der Waals surface area contributed by atoms with E-state index >= 15 is 0 Å². The summed E-state index contributed by atoms with van der Waals surface area (Å²) in [5.41, 5.74) is 3.41. The molecule has 98 valence electrons. The summed E-state index contributed by atoms with van der Waals surface area (Å²) in [5.74, 6) is -0.197. The summed E-state index contributed by atoms with van der Waals surface area (Å²) in [7, 11) is 1.87. The molecule has 1 heterocycles. The minimum atomic E-state index is -0.197. The summed E-state index contributed by atoms with van der Waals surface area (Å²) in [6, 6.07) is 10.7. The van der Waals surface area contributed by atoms with Crippen LogP contribution >= 0.6 is 0 Å². The molecule has 0 aliphatic rings. The molecule has 1 N–H and O–H groups in total. The molecular weight excluding hydrogens is 241 g/mol. The molecule has 0 fully saturated rings. The van der Waals surface area contributed by atoms with Gasteiger partial charge in [-0.1, -0.05) is 18.2 Å². The Hall–Kier alpha value is -2.12. The predicted molar refractivity (Wildman–Crippen MR) is 71.8 cm³/mol. The number of nitrogens with zero attached hydrogens (tertiary/aromatic N) is 2. The maximum absolute atomic E-state index is 13.4. The van der Waals surface area contributed by atoms with Crippen molar-refractivity contribution in [2.45, 2.75) is 20.0 Å². The molecule has 0 aliphatic heterocycles. The number of halogens is 1. The molecular formula is C15H16FN3. The highest BCUT2D eigenvalue weighted by Gasteiger charge is 2.08. The number of hydrogen-bond donors (Lipinski definition) is 1. The Balaban J connectivity index is 2.01. The van der Waals surface area contributed by atoms with Gasteiger partial charge in [0.25, 0.3) is 0 Å². The molecule has 0 amide bonds. The van der Waals surface area contributed by atoms with Crippen LogP contribution in [0.25, 0.3) is 0 Å². The van der Waals surface area contributed by atoms with Gasteiger partial charge in [-0.05, 0) is 24.6 Å². The van der Waals surface area contributed by atoms with Crippen molar-refractivity contribution >= 4 is 0 Å². The van der Waals surface area contributed by atoms with Gasteiger partial charge in [0, 0.05) is 31.4 Å². The van der Waals surface area contributed by atoms with Gasteiger partial charge in [0.05, 0.1) is 0 Å². The van der Waals surface area contributed by atoms with Crippen LogP contribution in [0.5, 0.6) is 0 Å². The van der Waals surface area contributed by atoms with Gasteiger partial charge in [-0.15, -0.1) is 0 Å². The normalized spacial score (nSPS) is 10.4. The Morgan fingerprint density at radius 3 is 2.58 bits per heavy atom. The van der Waals surface area contributed by atoms with Crippen LogP contribution in [-0.4, -0.2) is 4.57 Å². The van der Waals surface area contributed by atoms with E-state index in [1.807, 2.05) is 30.7 Å². The Morgan fingerprint density at radius 2 is 1.95 bits per heavy atom. The van der Waals surface area contributed by atoms with Gasteiger partial charge >= 0.3 is 0 Å². The molecule has 0 spiro atoms. The highest BCUT2D eigenvalue weighted by atomic mass is 19.1. The SMILES string of the molecule is Cc1c(CNCc2ccccc2F)cc(C#N)n1C. The highest BCUT2D eigenvalue weighted by molar-refractivity contribution is 5.34. The number of aromatic nitrogens is 1. The lowest BCUT2D eigenvalue weighted by Gasteiger charge is -2.06. The van der Waals surface area contributed by atoms with E-state index in [-0.39, 0.29) is 5.82 Å². The number of hydrogen-bond acceptors (Lipinski definition) is 2. The maximum Gasteiger partial charge on any atom is 0.127 e. The fourth-order valence-electron chi connectivity index (χ4n) is 2.02. The highest BCUT2D eigenvalue weighted by Crippen LogP contribution is 2.13. The molecule has 0 unspecified atom stereocenters. The molecule has 0 aliphatic carbocycles. The average molecular weight is 257 g/mol. The second-order valence-electron chi connectivity index (χ2n) is 4.51. The van der Waals surface area contributed by atoms with Crippen molar-refractivity contribution in [2.24, 2.45) is 7.05 Å². The van der Waals surface area contributed by atoms with Crippen LogP contribution < -0.4 is 5.32 Å². The van der Waals surface area contributed by atoms with E-state index in [0.29, 0.717) is 24.3 Å². The molecule has 1 aromatic heterocycles. The minimum absolute atomic E-state index is 0.197. The lowest BCUT2D eigenvalue weighted by atomic mass is 10.2. The van der Waals surface area contributed by atoms with Crippen molar-refractivity contribution in [2.75, 3.05) is 0 Å². The topological polar surface area (TPSA) is 40.8 Å². The van der Waals surface area contributed by atoms with Crippen molar-refractivity contribution < 1.29 is 4.39 Å². The van der Waals surface area contributed by atoms with E-state index in [1.165, 1.54) is 6.07 Å². The summed E-state index contributed by atoms with van der Waals surface area (Å²) in [6.45, 7) is 3.07. The van der Waals surface area contributed by atoms with Crippen LogP contribution in [0.15, 0.2) is 30.3 Å². The molecule has 19 heavy (non-hydrogen) atoms. The smallest absolute Gasteiger partial charge is 0.127 e. The second kappa shape index (κ2) is 5.68. The number of nitriles is 1. The van der Waals surface area contributed by atoms with Gasteiger partial charge < -0.3 is 9.88 Å². The molecule has 0 bridgehead atoms. The Kier molecular flexibility index (Phi) is 3.98. The first-order valence-electron chi connectivity index (χ1n) is 6.13. The van der Waals surface area contributed by atoms with Gasteiger partial charge in [-0.25, -0.2) is 4.39 Å². The van der Waals surface area contributed by atoms with Crippen molar-refractivity contribution in [1.29, 1.82) is 5.26 Å². The Morgan fingerprint density at radius 1 is 1.26 bits per heavy atom. The fraction of sp³-hybridized carbons (Fsp3) is 0.267. The van der Waals surface area contributed by atoms with Crippen molar-refractivity contribution in [3.05, 3.63) is 58.7 Å². The van der Waals surface area contributed by atoms with Crippen LogP contribution in [0, 0.1) is 24.1 Å². The summed E-state index contributed by atoms with van der Waals surface area (Å²) >= 11 is 0. The van der Waals surface area contributed by atoms with Crippen molar-refractivity contribution in [3.8, 4) is 6.07 Å². The summed E-state index contributed by atoms with van der Waals surface area (Å²) in [5, 5.41) is 12.2. The van der Waals surface area contributed by atoms with E-state index in [2.05, 4.69) is 11.4 Å². The van der Waals surface area contributed by atoms with Crippen LogP contribution in [0.3, 0.4) is 0 Å². The summed E-state index contributed by atoms with van der Waals surface area (Å²) in [6.07, 6.45) is 0. The molecule has 1 aromatic carbocycles. The zero-order chi connectivity index (χ0) is 13.8. The third-order valence-electron chi connectivity index (χ3n) is 3.34. The van der Waals surface area contributed by atoms with Crippen molar-refractivity contribution in [1.82, 2.24) is 9.88 Å². The maximum atomic E-state index is 13.4. The molecule has 0 saturated carbocycles. The number of benzene rings is 1. The van der Waals surface area contributed by atoms with Crippen LogP contribution in [0.1, 0.15) is 22.5 Å². The molecule has 0 atom stereocenters. The van der Waals surface area contributed by atoms with E-state index in [9.17, 15) is 4.39 Å². The quantitative estimate of drug-likeness (QED) is 0.914. The van der Waals surface area contributed by atoms with Crippen molar-refractivity contribution in [3.63, 3.8) is 0 Å². The Labute approximate surface area is 112 Å². The van der Waals surface area contributed by atoms with E-state index in [4.69, 9.17) is 5.26 Å². The third kappa shape index (κ3) is 2.83. The monoisotopic (exact) mass is 257 g/mol. The second-order valence-corrected chi connectivity index (χ2v) is 4.51. The fourth-order valence-corrected chi connectivity index (χ4v) is 2.02. The molecule has 3 nitrogen and oxygen atoms in total. The van der Waals surface area contributed by atoms with Gasteiger partial charge in [0.2, 0.25) is 0 Å². The molecule has 0 radical (unpaired) electrons. The third-order valence-corrected chi connectivity index (χ3v) is 3.34. The predicted octanol–water partition coefficient (Wildman–Crippen LogP) is 2.63.